The first kappa shape index (κ1) is 24.4. The van der Waals surface area contributed by atoms with Crippen molar-refractivity contribution >= 4 is 23.7 Å². The number of rotatable bonds is 5. The molecule has 196 valence electrons. The lowest BCUT2D eigenvalue weighted by Gasteiger charge is -2.26. The van der Waals surface area contributed by atoms with Crippen LogP contribution < -0.4 is 10.2 Å². The van der Waals surface area contributed by atoms with E-state index in [2.05, 4.69) is 45.5 Å². The zero-order valence-electron chi connectivity index (χ0n) is 21.7. The van der Waals surface area contributed by atoms with Crippen molar-refractivity contribution in [2.75, 3.05) is 24.5 Å². The number of nitrogens with zero attached hydrogens (tertiary/aromatic N) is 5. The molecule has 0 unspecified atom stereocenters. The Kier molecular flexibility index (Phi) is 6.45. The van der Waals surface area contributed by atoms with Crippen molar-refractivity contribution in [1.82, 2.24) is 24.7 Å². The summed E-state index contributed by atoms with van der Waals surface area (Å²) in [5.41, 5.74) is 5.53. The second kappa shape index (κ2) is 10.1. The van der Waals surface area contributed by atoms with E-state index in [9.17, 15) is 14.4 Å². The number of urea groups is 1. The summed E-state index contributed by atoms with van der Waals surface area (Å²) in [6.07, 6.45) is 5.37. The Labute approximate surface area is 222 Å². The van der Waals surface area contributed by atoms with Crippen LogP contribution in [-0.2, 0) is 31.5 Å². The minimum atomic E-state index is -0.413. The first-order valence-corrected chi connectivity index (χ1v) is 13.3. The summed E-state index contributed by atoms with van der Waals surface area (Å²) in [4.78, 5) is 47.1. The van der Waals surface area contributed by atoms with E-state index in [1.54, 1.807) is 11.1 Å². The first-order chi connectivity index (χ1) is 18.5. The van der Waals surface area contributed by atoms with Crippen molar-refractivity contribution in [2.45, 2.75) is 45.3 Å². The molecule has 1 aromatic heterocycles. The number of nitrogens with one attached hydrogen (secondary N) is 1. The number of carbonyl (C=O) groups is 3. The Hall–Kier alpha value is -3.98. The third-order valence-electron chi connectivity index (χ3n) is 7.80. The van der Waals surface area contributed by atoms with Crippen LogP contribution in [0, 0.1) is 0 Å². The molecule has 0 spiro atoms. The van der Waals surface area contributed by atoms with Crippen molar-refractivity contribution < 1.29 is 14.4 Å². The molecule has 3 aliphatic rings. The summed E-state index contributed by atoms with van der Waals surface area (Å²) in [5.74, 6) is 1.33. The minimum absolute atomic E-state index is 0.143. The standard InChI is InChI=1S/C29H32N6O3/c1-32-26(35-14-11-25(36)31-29(35)38)16-30-27(32)22-9-10-23-18-33(19-24(23)15-22)17-20-5-7-21(8-6-20)28(37)34-12-3-2-4-13-34/h5-10,15-16H,2-4,11-14,17-19H2,1H3,(H,31,36,38). The van der Waals surface area contributed by atoms with Gasteiger partial charge in [-0.05, 0) is 54.2 Å². The highest BCUT2D eigenvalue weighted by atomic mass is 16.2. The molecule has 9 heteroatoms. The summed E-state index contributed by atoms with van der Waals surface area (Å²) in [7, 11) is 1.89. The molecule has 0 radical (unpaired) electrons. The Morgan fingerprint density at radius 3 is 2.47 bits per heavy atom. The zero-order valence-corrected chi connectivity index (χ0v) is 21.7. The number of hydrogen-bond acceptors (Lipinski definition) is 5. The van der Waals surface area contributed by atoms with Crippen molar-refractivity contribution in [1.29, 1.82) is 0 Å². The maximum Gasteiger partial charge on any atom is 0.329 e. The zero-order chi connectivity index (χ0) is 26.2. The molecule has 0 aliphatic carbocycles. The van der Waals surface area contributed by atoms with Crippen LogP contribution >= 0.6 is 0 Å². The highest BCUT2D eigenvalue weighted by Gasteiger charge is 2.28. The van der Waals surface area contributed by atoms with Gasteiger partial charge in [0.1, 0.15) is 11.6 Å². The topological polar surface area (TPSA) is 90.8 Å². The largest absolute Gasteiger partial charge is 0.339 e. The van der Waals surface area contributed by atoms with Gasteiger partial charge < -0.3 is 9.47 Å². The van der Waals surface area contributed by atoms with E-state index < -0.39 is 6.03 Å². The van der Waals surface area contributed by atoms with Crippen LogP contribution in [0.4, 0.5) is 10.6 Å². The van der Waals surface area contributed by atoms with Gasteiger partial charge in [0.05, 0.1) is 6.20 Å². The molecular weight excluding hydrogens is 480 g/mol. The Morgan fingerprint density at radius 2 is 1.71 bits per heavy atom. The number of hydrogen-bond donors (Lipinski definition) is 1. The second-order valence-corrected chi connectivity index (χ2v) is 10.4. The summed E-state index contributed by atoms with van der Waals surface area (Å²) < 4.78 is 1.90. The molecule has 1 N–H and O–H groups in total. The smallest absolute Gasteiger partial charge is 0.329 e. The fourth-order valence-electron chi connectivity index (χ4n) is 5.71. The molecule has 2 saturated heterocycles. The van der Waals surface area contributed by atoms with E-state index in [4.69, 9.17) is 0 Å². The van der Waals surface area contributed by atoms with E-state index in [0.717, 1.165) is 62.5 Å². The maximum absolute atomic E-state index is 12.8. The average Bonchev–Trinajstić information content (AvgIpc) is 3.51. The normalized spacial score (nSPS) is 18.0. The number of piperidine rings is 1. The van der Waals surface area contributed by atoms with Gasteiger partial charge in [-0.25, -0.2) is 9.78 Å². The fourth-order valence-corrected chi connectivity index (χ4v) is 5.71. The van der Waals surface area contributed by atoms with Crippen LogP contribution in [-0.4, -0.2) is 56.8 Å². The van der Waals surface area contributed by atoms with Crippen molar-refractivity contribution in [3.63, 3.8) is 0 Å². The second-order valence-electron chi connectivity index (χ2n) is 10.4. The summed E-state index contributed by atoms with van der Waals surface area (Å²) in [6.45, 7) is 4.60. The van der Waals surface area contributed by atoms with Gasteiger partial charge in [-0.1, -0.05) is 24.3 Å². The lowest BCUT2D eigenvalue weighted by molar-refractivity contribution is -0.120. The predicted molar refractivity (Wildman–Crippen MR) is 143 cm³/mol. The number of anilines is 1. The SMILES string of the molecule is Cn1c(N2CCC(=O)NC2=O)cnc1-c1ccc2c(c1)CN(Cc1ccc(C(=O)N3CCCCC3)cc1)C2. The van der Waals surface area contributed by atoms with Gasteiger partial charge in [0, 0.05) is 63.9 Å². The summed E-state index contributed by atoms with van der Waals surface area (Å²) in [6, 6.07) is 14.1. The highest BCUT2D eigenvalue weighted by Crippen LogP contribution is 2.31. The lowest BCUT2D eigenvalue weighted by Crippen LogP contribution is -2.50. The number of amides is 4. The van der Waals surface area contributed by atoms with Crippen LogP contribution in [0.2, 0.25) is 0 Å². The third-order valence-corrected chi connectivity index (χ3v) is 7.80. The number of imide groups is 1. The quantitative estimate of drug-likeness (QED) is 0.563. The Balaban J connectivity index is 1.12. The van der Waals surface area contributed by atoms with Gasteiger partial charge in [-0.15, -0.1) is 0 Å². The van der Waals surface area contributed by atoms with Gasteiger partial charge in [0.2, 0.25) is 5.91 Å². The summed E-state index contributed by atoms with van der Waals surface area (Å²) >= 11 is 0. The van der Waals surface area contributed by atoms with Crippen molar-refractivity contribution in [3.8, 4) is 11.4 Å². The number of likely N-dealkylation sites (tertiary alicyclic amines) is 1. The van der Waals surface area contributed by atoms with Crippen molar-refractivity contribution in [3.05, 3.63) is 70.9 Å². The molecule has 2 aromatic carbocycles. The molecule has 3 aromatic rings. The van der Waals surface area contributed by atoms with E-state index >= 15 is 0 Å². The molecule has 4 heterocycles. The van der Waals surface area contributed by atoms with Gasteiger partial charge in [0.15, 0.2) is 0 Å². The van der Waals surface area contributed by atoms with Gasteiger partial charge in [0.25, 0.3) is 5.91 Å². The van der Waals surface area contributed by atoms with Crippen LogP contribution in [0.5, 0.6) is 0 Å². The Bertz CT molecular complexity index is 1390. The monoisotopic (exact) mass is 512 g/mol. The number of carbonyl (C=O) groups excluding carboxylic acids is 3. The van der Waals surface area contributed by atoms with Crippen molar-refractivity contribution in [2.24, 2.45) is 7.05 Å². The molecule has 9 nitrogen and oxygen atoms in total. The van der Waals surface area contributed by atoms with E-state index in [1.165, 1.54) is 23.1 Å². The number of imidazole rings is 1. The summed E-state index contributed by atoms with van der Waals surface area (Å²) in [5, 5.41) is 2.37. The van der Waals surface area contributed by atoms with E-state index in [1.807, 2.05) is 28.6 Å². The van der Waals surface area contributed by atoms with E-state index in [0.29, 0.717) is 12.4 Å². The van der Waals surface area contributed by atoms with E-state index in [-0.39, 0.29) is 18.2 Å². The fraction of sp³-hybridized carbons (Fsp3) is 0.379. The molecule has 4 amide bonds. The maximum atomic E-state index is 12.8. The van der Waals surface area contributed by atoms with Crippen LogP contribution in [0.3, 0.4) is 0 Å². The van der Waals surface area contributed by atoms with Crippen LogP contribution in [0.1, 0.15) is 52.7 Å². The Morgan fingerprint density at radius 1 is 0.947 bits per heavy atom. The van der Waals surface area contributed by atoms with Gasteiger partial charge in [-0.3, -0.25) is 24.7 Å². The molecule has 2 fully saturated rings. The molecular formula is C29H32N6O3. The number of fused-ring (bicyclic) bond motifs is 1. The highest BCUT2D eigenvalue weighted by molar-refractivity contribution is 6.05. The molecule has 38 heavy (non-hydrogen) atoms. The third kappa shape index (κ3) is 4.69. The van der Waals surface area contributed by atoms with Crippen LogP contribution in [0.25, 0.3) is 11.4 Å². The molecule has 6 rings (SSSR count). The molecule has 0 atom stereocenters. The average molecular weight is 513 g/mol. The first-order valence-electron chi connectivity index (χ1n) is 13.3. The minimum Gasteiger partial charge on any atom is -0.339 e. The molecule has 0 saturated carbocycles. The number of aromatic nitrogens is 2. The number of benzene rings is 2. The molecule has 0 bridgehead atoms. The van der Waals surface area contributed by atoms with Crippen LogP contribution in [0.15, 0.2) is 48.7 Å². The predicted octanol–water partition coefficient (Wildman–Crippen LogP) is 3.68. The molecule has 3 aliphatic heterocycles. The lowest BCUT2D eigenvalue weighted by atomic mass is 10.1. The van der Waals surface area contributed by atoms with Gasteiger partial charge >= 0.3 is 6.03 Å². The van der Waals surface area contributed by atoms with Gasteiger partial charge in [-0.2, -0.15) is 0 Å².